The molecule has 0 saturated carbocycles. The number of halogens is 1. The molecular formula is C18H15FN4O4. The summed E-state index contributed by atoms with van der Waals surface area (Å²) in [5.74, 6) is -1.21. The first kappa shape index (κ1) is 18.1. The van der Waals surface area contributed by atoms with Gasteiger partial charge in [-0.1, -0.05) is 0 Å². The predicted octanol–water partition coefficient (Wildman–Crippen LogP) is 1.93. The summed E-state index contributed by atoms with van der Waals surface area (Å²) in [5, 5.41) is 21.1. The van der Waals surface area contributed by atoms with Gasteiger partial charge in [-0.25, -0.2) is 14.2 Å². The number of hydrogen-bond acceptors (Lipinski definition) is 6. The van der Waals surface area contributed by atoms with Crippen molar-refractivity contribution in [1.82, 2.24) is 10.3 Å². The molecule has 3 rings (SSSR count). The Morgan fingerprint density at radius 3 is 2.93 bits per heavy atom. The van der Waals surface area contributed by atoms with Crippen LogP contribution in [0.5, 0.6) is 5.75 Å². The molecule has 27 heavy (non-hydrogen) atoms. The number of aromatic hydroxyl groups is 1. The van der Waals surface area contributed by atoms with Crippen molar-refractivity contribution in [2.24, 2.45) is 0 Å². The summed E-state index contributed by atoms with van der Waals surface area (Å²) in [7, 11) is 0. The van der Waals surface area contributed by atoms with Crippen molar-refractivity contribution in [3.8, 4) is 22.9 Å². The highest BCUT2D eigenvalue weighted by molar-refractivity contribution is 5.90. The first-order valence-electron chi connectivity index (χ1n) is 8.00. The number of anilines is 1. The van der Waals surface area contributed by atoms with E-state index in [0.29, 0.717) is 11.3 Å². The Morgan fingerprint density at radius 1 is 1.52 bits per heavy atom. The Hall–Kier alpha value is -3.67. The second kappa shape index (κ2) is 7.29. The minimum absolute atomic E-state index is 0.152. The van der Waals surface area contributed by atoms with E-state index in [1.807, 2.05) is 0 Å². The molecule has 1 aliphatic heterocycles. The summed E-state index contributed by atoms with van der Waals surface area (Å²) in [5.41, 5.74) is 0.606. The van der Waals surface area contributed by atoms with Crippen molar-refractivity contribution >= 4 is 17.7 Å². The van der Waals surface area contributed by atoms with E-state index in [2.05, 4.69) is 10.3 Å². The van der Waals surface area contributed by atoms with Gasteiger partial charge in [-0.2, -0.15) is 5.26 Å². The highest BCUT2D eigenvalue weighted by atomic mass is 19.1. The lowest BCUT2D eigenvalue weighted by Gasteiger charge is -2.14. The molecular weight excluding hydrogens is 355 g/mol. The lowest BCUT2D eigenvalue weighted by Crippen LogP contribution is -2.33. The molecule has 0 aliphatic carbocycles. The number of nitrogens with one attached hydrogen (secondary N) is 1. The van der Waals surface area contributed by atoms with E-state index < -0.39 is 18.0 Å². The van der Waals surface area contributed by atoms with Crippen LogP contribution in [0.2, 0.25) is 0 Å². The average Bonchev–Trinajstić information content (AvgIpc) is 3.00. The highest BCUT2D eigenvalue weighted by Gasteiger charge is 2.32. The van der Waals surface area contributed by atoms with Crippen LogP contribution in [-0.2, 0) is 9.53 Å². The Morgan fingerprint density at radius 2 is 2.30 bits per heavy atom. The van der Waals surface area contributed by atoms with Crippen LogP contribution in [0.1, 0.15) is 12.6 Å². The standard InChI is InChI=1S/C18H15FN4O4/c1-10(24)21-8-13-9-23(18(26)27-13)12-2-3-14(15(19)5-12)11-4-17(25)16(6-20)22-7-11/h2-5,7,13,25H,8-9H2,1H3,(H,21,24)/t13-/m0/s1. The van der Waals surface area contributed by atoms with Gasteiger partial charge in [0.05, 0.1) is 18.8 Å². The highest BCUT2D eigenvalue weighted by Crippen LogP contribution is 2.30. The van der Waals surface area contributed by atoms with Gasteiger partial charge < -0.3 is 15.2 Å². The number of amides is 2. The minimum Gasteiger partial charge on any atom is -0.505 e. The Kier molecular flexibility index (Phi) is 4.90. The van der Waals surface area contributed by atoms with Crippen molar-refractivity contribution in [1.29, 1.82) is 5.26 Å². The van der Waals surface area contributed by atoms with Crippen molar-refractivity contribution in [2.75, 3.05) is 18.0 Å². The topological polar surface area (TPSA) is 116 Å². The Labute approximate surface area is 153 Å². The summed E-state index contributed by atoms with van der Waals surface area (Å²) < 4.78 is 19.7. The third kappa shape index (κ3) is 3.79. The van der Waals surface area contributed by atoms with E-state index in [1.165, 1.54) is 42.3 Å². The van der Waals surface area contributed by atoms with E-state index in [9.17, 15) is 19.1 Å². The lowest BCUT2D eigenvalue weighted by atomic mass is 10.1. The number of rotatable bonds is 4. The first-order valence-corrected chi connectivity index (χ1v) is 8.00. The van der Waals surface area contributed by atoms with Crippen molar-refractivity contribution in [2.45, 2.75) is 13.0 Å². The zero-order valence-electron chi connectivity index (χ0n) is 14.3. The van der Waals surface area contributed by atoms with Crippen LogP contribution in [0.4, 0.5) is 14.9 Å². The van der Waals surface area contributed by atoms with Crippen molar-refractivity contribution in [3.05, 3.63) is 42.0 Å². The number of carbonyl (C=O) groups is 2. The molecule has 0 radical (unpaired) electrons. The van der Waals surface area contributed by atoms with Gasteiger partial charge in [-0.3, -0.25) is 9.69 Å². The van der Waals surface area contributed by atoms with Gasteiger partial charge in [-0.15, -0.1) is 0 Å². The van der Waals surface area contributed by atoms with E-state index >= 15 is 0 Å². The molecule has 1 aliphatic rings. The monoisotopic (exact) mass is 370 g/mol. The third-order valence-corrected chi connectivity index (χ3v) is 4.00. The van der Waals surface area contributed by atoms with Crippen LogP contribution in [0.15, 0.2) is 30.5 Å². The Bertz CT molecular complexity index is 957. The fraction of sp³-hybridized carbons (Fsp3) is 0.222. The molecule has 1 aromatic carbocycles. The van der Waals surface area contributed by atoms with E-state index in [1.54, 1.807) is 6.07 Å². The van der Waals surface area contributed by atoms with E-state index in [0.717, 1.165) is 0 Å². The van der Waals surface area contributed by atoms with Crippen LogP contribution < -0.4 is 10.2 Å². The maximum atomic E-state index is 14.6. The minimum atomic E-state index is -0.629. The summed E-state index contributed by atoms with van der Waals surface area (Å²) in [6.45, 7) is 1.71. The van der Waals surface area contributed by atoms with Crippen molar-refractivity contribution < 1.29 is 23.8 Å². The van der Waals surface area contributed by atoms with Gasteiger partial charge in [0.2, 0.25) is 5.91 Å². The van der Waals surface area contributed by atoms with Crippen LogP contribution in [0, 0.1) is 17.1 Å². The van der Waals surface area contributed by atoms with Crippen LogP contribution >= 0.6 is 0 Å². The molecule has 8 nitrogen and oxygen atoms in total. The summed E-state index contributed by atoms with van der Waals surface area (Å²) in [6, 6.07) is 7.13. The fourth-order valence-corrected chi connectivity index (χ4v) is 2.69. The number of aromatic nitrogens is 1. The maximum absolute atomic E-state index is 14.6. The summed E-state index contributed by atoms with van der Waals surface area (Å²) >= 11 is 0. The van der Waals surface area contributed by atoms with Crippen LogP contribution in [0.25, 0.3) is 11.1 Å². The number of nitrogens with zero attached hydrogens (tertiary/aromatic N) is 3. The second-order valence-electron chi connectivity index (χ2n) is 5.92. The molecule has 2 N–H and O–H groups in total. The lowest BCUT2D eigenvalue weighted by molar-refractivity contribution is -0.119. The molecule has 1 aromatic heterocycles. The van der Waals surface area contributed by atoms with Gasteiger partial charge in [0.15, 0.2) is 11.4 Å². The Balaban J connectivity index is 1.81. The number of benzene rings is 1. The number of ether oxygens (including phenoxy) is 1. The molecule has 1 atom stereocenters. The summed E-state index contributed by atoms with van der Waals surface area (Å²) in [4.78, 5) is 28.0. The van der Waals surface area contributed by atoms with E-state index in [4.69, 9.17) is 10.00 Å². The molecule has 0 unspecified atom stereocenters. The molecule has 2 aromatic rings. The second-order valence-corrected chi connectivity index (χ2v) is 5.92. The zero-order chi connectivity index (χ0) is 19.6. The first-order chi connectivity index (χ1) is 12.9. The molecule has 1 saturated heterocycles. The van der Waals surface area contributed by atoms with E-state index in [-0.39, 0.29) is 36.0 Å². The largest absolute Gasteiger partial charge is 0.505 e. The molecule has 2 amide bonds. The third-order valence-electron chi connectivity index (χ3n) is 4.00. The van der Waals surface area contributed by atoms with Crippen LogP contribution in [0.3, 0.4) is 0 Å². The molecule has 9 heteroatoms. The van der Waals surface area contributed by atoms with Crippen LogP contribution in [-0.4, -0.2) is 41.3 Å². The maximum Gasteiger partial charge on any atom is 0.414 e. The quantitative estimate of drug-likeness (QED) is 0.850. The molecule has 0 bridgehead atoms. The van der Waals surface area contributed by atoms with Crippen molar-refractivity contribution in [3.63, 3.8) is 0 Å². The normalized spacial score (nSPS) is 16.0. The number of hydrogen-bond donors (Lipinski definition) is 2. The predicted molar refractivity (Wildman–Crippen MR) is 92.3 cm³/mol. The van der Waals surface area contributed by atoms with Gasteiger partial charge in [0.25, 0.3) is 0 Å². The SMILES string of the molecule is CC(=O)NC[C@H]1CN(c2ccc(-c3cnc(C#N)c(O)c3)c(F)c2)C(=O)O1. The molecule has 1 fully saturated rings. The number of cyclic esters (lactones) is 1. The smallest absolute Gasteiger partial charge is 0.414 e. The summed E-state index contributed by atoms with van der Waals surface area (Å²) in [6.07, 6.45) is 0.128. The molecule has 0 spiro atoms. The van der Waals surface area contributed by atoms with Gasteiger partial charge in [0, 0.05) is 24.2 Å². The zero-order valence-corrected chi connectivity index (χ0v) is 14.3. The number of pyridine rings is 1. The fourth-order valence-electron chi connectivity index (χ4n) is 2.69. The van der Waals surface area contributed by atoms with Gasteiger partial charge in [0.1, 0.15) is 18.0 Å². The molecule has 2 heterocycles. The molecule has 138 valence electrons. The average molecular weight is 370 g/mol. The number of carbonyl (C=O) groups excluding carboxylic acids is 2. The van der Waals surface area contributed by atoms with Gasteiger partial charge >= 0.3 is 6.09 Å². The van der Waals surface area contributed by atoms with Gasteiger partial charge in [-0.05, 0) is 24.3 Å². The number of nitriles is 1.